The van der Waals surface area contributed by atoms with E-state index in [4.69, 9.17) is 9.52 Å². The Labute approximate surface area is 98.8 Å². The fraction of sp³-hybridized carbons (Fsp3) is 0.500. The molecule has 1 aromatic heterocycles. The van der Waals surface area contributed by atoms with Crippen molar-refractivity contribution < 1.29 is 19.1 Å². The predicted octanol–water partition coefficient (Wildman–Crippen LogP) is 1.57. The smallest absolute Gasteiger partial charge is 0.305 e. The minimum absolute atomic E-state index is 0.0205. The molecule has 92 valence electrons. The van der Waals surface area contributed by atoms with Gasteiger partial charge in [-0.2, -0.15) is 0 Å². The number of nitrogens with one attached hydrogen (secondary N) is 1. The fourth-order valence-corrected chi connectivity index (χ4v) is 1.89. The van der Waals surface area contributed by atoms with Crippen LogP contribution in [0.15, 0.2) is 16.7 Å². The number of carbonyl (C=O) groups excluding carboxylic acids is 1. The molecule has 1 saturated carbocycles. The van der Waals surface area contributed by atoms with Crippen LogP contribution in [-0.2, 0) is 4.79 Å². The highest BCUT2D eigenvalue weighted by Crippen LogP contribution is 2.34. The Morgan fingerprint density at radius 2 is 2.29 bits per heavy atom. The van der Waals surface area contributed by atoms with Crippen LogP contribution in [0.2, 0.25) is 0 Å². The van der Waals surface area contributed by atoms with Gasteiger partial charge in [0.05, 0.1) is 18.2 Å². The Bertz CT molecular complexity index is 433. The summed E-state index contributed by atoms with van der Waals surface area (Å²) in [5.74, 6) is -0.282. The van der Waals surface area contributed by atoms with Crippen molar-refractivity contribution >= 4 is 11.9 Å². The van der Waals surface area contributed by atoms with E-state index in [-0.39, 0.29) is 18.4 Å². The number of aryl methyl sites for hydroxylation is 1. The number of aliphatic carboxylic acids is 1. The maximum atomic E-state index is 11.9. The van der Waals surface area contributed by atoms with Gasteiger partial charge in [0, 0.05) is 6.04 Å². The molecule has 1 aromatic rings. The molecular weight excluding hydrogens is 222 g/mol. The Kier molecular flexibility index (Phi) is 3.17. The van der Waals surface area contributed by atoms with Crippen molar-refractivity contribution in [1.82, 2.24) is 5.32 Å². The molecule has 1 unspecified atom stereocenters. The summed E-state index contributed by atoms with van der Waals surface area (Å²) in [6.07, 6.45) is 3.41. The molecule has 0 radical (unpaired) electrons. The summed E-state index contributed by atoms with van der Waals surface area (Å²) >= 11 is 0. The molecule has 1 fully saturated rings. The Hall–Kier alpha value is -1.78. The summed E-state index contributed by atoms with van der Waals surface area (Å²) in [4.78, 5) is 22.6. The molecule has 1 heterocycles. The number of hydrogen-bond donors (Lipinski definition) is 2. The third-order valence-electron chi connectivity index (χ3n) is 3.01. The third kappa shape index (κ3) is 2.87. The van der Waals surface area contributed by atoms with E-state index in [9.17, 15) is 9.59 Å². The van der Waals surface area contributed by atoms with Crippen LogP contribution in [0, 0.1) is 12.8 Å². The summed E-state index contributed by atoms with van der Waals surface area (Å²) in [5.41, 5.74) is 0.473. The highest BCUT2D eigenvalue weighted by molar-refractivity contribution is 5.95. The van der Waals surface area contributed by atoms with E-state index < -0.39 is 5.97 Å². The van der Waals surface area contributed by atoms with Crippen molar-refractivity contribution in [1.29, 1.82) is 0 Å². The number of carbonyl (C=O) groups is 2. The van der Waals surface area contributed by atoms with Gasteiger partial charge >= 0.3 is 5.97 Å². The number of carboxylic acids is 1. The van der Waals surface area contributed by atoms with Gasteiger partial charge in [-0.25, -0.2) is 0 Å². The molecule has 2 N–H and O–H groups in total. The van der Waals surface area contributed by atoms with Crippen LogP contribution in [0.25, 0.3) is 0 Å². The van der Waals surface area contributed by atoms with E-state index in [0.29, 0.717) is 17.2 Å². The van der Waals surface area contributed by atoms with Crippen molar-refractivity contribution in [2.24, 2.45) is 5.92 Å². The second kappa shape index (κ2) is 4.61. The molecule has 5 heteroatoms. The van der Waals surface area contributed by atoms with Gasteiger partial charge in [-0.05, 0) is 31.7 Å². The molecule has 0 bridgehead atoms. The summed E-state index contributed by atoms with van der Waals surface area (Å²) in [7, 11) is 0. The first kappa shape index (κ1) is 11.7. The molecule has 1 atom stereocenters. The summed E-state index contributed by atoms with van der Waals surface area (Å²) in [5, 5.41) is 11.6. The largest absolute Gasteiger partial charge is 0.481 e. The number of amides is 1. The zero-order valence-corrected chi connectivity index (χ0v) is 9.60. The van der Waals surface area contributed by atoms with E-state index in [1.54, 1.807) is 13.0 Å². The van der Waals surface area contributed by atoms with Crippen LogP contribution in [0.3, 0.4) is 0 Å². The third-order valence-corrected chi connectivity index (χ3v) is 3.01. The van der Waals surface area contributed by atoms with Crippen molar-refractivity contribution in [3.63, 3.8) is 0 Å². The minimum atomic E-state index is -0.883. The number of rotatable bonds is 5. The first-order valence-electron chi connectivity index (χ1n) is 5.64. The van der Waals surface area contributed by atoms with Gasteiger partial charge in [-0.1, -0.05) is 0 Å². The Morgan fingerprint density at radius 3 is 2.76 bits per heavy atom. The molecule has 0 aromatic carbocycles. The highest BCUT2D eigenvalue weighted by atomic mass is 16.4. The van der Waals surface area contributed by atoms with E-state index in [2.05, 4.69) is 5.32 Å². The lowest BCUT2D eigenvalue weighted by Crippen LogP contribution is -2.38. The Morgan fingerprint density at radius 1 is 1.59 bits per heavy atom. The number of hydrogen-bond acceptors (Lipinski definition) is 3. The maximum absolute atomic E-state index is 11.9. The number of carboxylic acid groups (broad SMARTS) is 1. The van der Waals surface area contributed by atoms with Crippen LogP contribution < -0.4 is 5.32 Å². The quantitative estimate of drug-likeness (QED) is 0.814. The molecule has 1 aliphatic carbocycles. The van der Waals surface area contributed by atoms with Crippen LogP contribution in [-0.4, -0.2) is 23.0 Å². The van der Waals surface area contributed by atoms with Crippen LogP contribution in [0.1, 0.15) is 35.4 Å². The number of furan rings is 1. The zero-order chi connectivity index (χ0) is 12.4. The van der Waals surface area contributed by atoms with E-state index in [1.807, 2.05) is 0 Å². The molecule has 1 aliphatic rings. The van der Waals surface area contributed by atoms with Gasteiger partial charge in [0.15, 0.2) is 0 Å². The lowest BCUT2D eigenvalue weighted by molar-refractivity contribution is -0.137. The van der Waals surface area contributed by atoms with Crippen molar-refractivity contribution in [2.75, 3.05) is 0 Å². The van der Waals surface area contributed by atoms with Crippen LogP contribution in [0.4, 0.5) is 0 Å². The molecule has 1 amide bonds. The van der Waals surface area contributed by atoms with Gasteiger partial charge < -0.3 is 14.8 Å². The fourth-order valence-electron chi connectivity index (χ4n) is 1.89. The summed E-state index contributed by atoms with van der Waals surface area (Å²) < 4.78 is 5.05. The molecule has 5 nitrogen and oxygen atoms in total. The lowest BCUT2D eigenvalue weighted by atomic mass is 10.1. The molecule has 17 heavy (non-hydrogen) atoms. The van der Waals surface area contributed by atoms with Gasteiger partial charge in [-0.3, -0.25) is 9.59 Å². The van der Waals surface area contributed by atoms with Gasteiger partial charge in [0.1, 0.15) is 5.76 Å². The average molecular weight is 237 g/mol. The second-order valence-electron chi connectivity index (χ2n) is 4.41. The summed E-state index contributed by atoms with van der Waals surface area (Å²) in [6, 6.07) is 1.32. The zero-order valence-electron chi connectivity index (χ0n) is 9.60. The second-order valence-corrected chi connectivity index (χ2v) is 4.41. The van der Waals surface area contributed by atoms with Gasteiger partial charge in [-0.15, -0.1) is 0 Å². The lowest BCUT2D eigenvalue weighted by Gasteiger charge is -2.15. The van der Waals surface area contributed by atoms with E-state index >= 15 is 0 Å². The monoisotopic (exact) mass is 237 g/mol. The predicted molar refractivity (Wildman–Crippen MR) is 59.7 cm³/mol. The van der Waals surface area contributed by atoms with Crippen molar-refractivity contribution in [3.8, 4) is 0 Å². The molecular formula is C12H15NO4. The first-order valence-corrected chi connectivity index (χ1v) is 5.64. The highest BCUT2D eigenvalue weighted by Gasteiger charge is 2.34. The molecule has 2 rings (SSSR count). The van der Waals surface area contributed by atoms with E-state index in [1.165, 1.54) is 6.26 Å². The standard InChI is InChI=1S/C12H15NO4/c1-7-9(4-5-17-7)12(16)13-10(6-11(14)15)8-2-3-8/h4-5,8,10H,2-3,6H2,1H3,(H,13,16)(H,14,15). The topological polar surface area (TPSA) is 79.5 Å². The SMILES string of the molecule is Cc1occc1C(=O)NC(CC(=O)O)C1CC1. The molecule has 0 aliphatic heterocycles. The summed E-state index contributed by atoms with van der Waals surface area (Å²) in [6.45, 7) is 1.71. The van der Waals surface area contributed by atoms with Crippen LogP contribution >= 0.6 is 0 Å². The molecule has 0 saturated heterocycles. The van der Waals surface area contributed by atoms with Gasteiger partial charge in [0.25, 0.3) is 5.91 Å². The Balaban J connectivity index is 2.00. The maximum Gasteiger partial charge on any atom is 0.305 e. The van der Waals surface area contributed by atoms with Crippen molar-refractivity contribution in [3.05, 3.63) is 23.7 Å². The normalized spacial score (nSPS) is 16.5. The van der Waals surface area contributed by atoms with Crippen molar-refractivity contribution in [2.45, 2.75) is 32.2 Å². The van der Waals surface area contributed by atoms with Crippen LogP contribution in [0.5, 0.6) is 0 Å². The minimum Gasteiger partial charge on any atom is -0.481 e. The van der Waals surface area contributed by atoms with Gasteiger partial charge in [0.2, 0.25) is 0 Å². The van der Waals surface area contributed by atoms with E-state index in [0.717, 1.165) is 12.8 Å². The average Bonchev–Trinajstić information content (AvgIpc) is 3.00. The molecule has 0 spiro atoms. The first-order chi connectivity index (χ1) is 8.08.